The van der Waals surface area contributed by atoms with Gasteiger partial charge in [-0.05, 0) is 24.7 Å². The van der Waals surface area contributed by atoms with Gasteiger partial charge in [0, 0.05) is 0 Å². The SMILES string of the molecule is Br.COC(=O)[C@@H](CC(C)C)NC(=O)[C@H](N)CC(C)C. The monoisotopic (exact) mass is 338 g/mol. The zero-order valence-corrected chi connectivity index (χ0v) is 14.1. The predicted octanol–water partition coefficient (Wildman–Crippen LogP) is 1.64. The standard InChI is InChI=1S/C13H26N2O3.BrH/c1-8(2)6-10(14)12(16)15-11(7-9(3)4)13(17)18-5;/h8-11H,6-7,14H2,1-5H3,(H,15,16);1H/t10-,11-;/m1./s1. The molecule has 5 nitrogen and oxygen atoms in total. The van der Waals surface area contributed by atoms with Crippen molar-refractivity contribution < 1.29 is 14.3 Å². The van der Waals surface area contributed by atoms with Crippen molar-refractivity contribution in [1.82, 2.24) is 5.32 Å². The second-order valence-corrected chi connectivity index (χ2v) is 5.45. The van der Waals surface area contributed by atoms with Crippen LogP contribution in [0.4, 0.5) is 0 Å². The maximum atomic E-state index is 11.8. The van der Waals surface area contributed by atoms with Crippen molar-refractivity contribution in [1.29, 1.82) is 0 Å². The van der Waals surface area contributed by atoms with Crippen LogP contribution < -0.4 is 11.1 Å². The van der Waals surface area contributed by atoms with E-state index in [1.54, 1.807) is 0 Å². The maximum absolute atomic E-state index is 11.8. The molecule has 0 aliphatic heterocycles. The van der Waals surface area contributed by atoms with Crippen molar-refractivity contribution in [2.24, 2.45) is 17.6 Å². The summed E-state index contributed by atoms with van der Waals surface area (Å²) in [7, 11) is 1.32. The minimum Gasteiger partial charge on any atom is -0.467 e. The van der Waals surface area contributed by atoms with E-state index >= 15 is 0 Å². The Labute approximate surface area is 126 Å². The Bertz CT molecular complexity index is 283. The fourth-order valence-electron chi connectivity index (χ4n) is 1.72. The van der Waals surface area contributed by atoms with E-state index in [1.807, 2.05) is 27.7 Å². The zero-order chi connectivity index (χ0) is 14.3. The summed E-state index contributed by atoms with van der Waals surface area (Å²) in [6.45, 7) is 7.96. The number of esters is 1. The highest BCUT2D eigenvalue weighted by molar-refractivity contribution is 8.93. The van der Waals surface area contributed by atoms with Crippen LogP contribution in [0.2, 0.25) is 0 Å². The summed E-state index contributed by atoms with van der Waals surface area (Å²) in [5, 5.41) is 2.67. The third-order valence-electron chi connectivity index (χ3n) is 2.57. The van der Waals surface area contributed by atoms with E-state index in [2.05, 4.69) is 10.1 Å². The summed E-state index contributed by atoms with van der Waals surface area (Å²) in [4.78, 5) is 23.4. The molecular weight excluding hydrogens is 312 g/mol. The number of rotatable bonds is 7. The van der Waals surface area contributed by atoms with Crippen LogP contribution in [0.15, 0.2) is 0 Å². The van der Waals surface area contributed by atoms with Gasteiger partial charge in [0.2, 0.25) is 5.91 Å². The van der Waals surface area contributed by atoms with Gasteiger partial charge in [-0.15, -0.1) is 17.0 Å². The van der Waals surface area contributed by atoms with Crippen LogP contribution in [0.3, 0.4) is 0 Å². The molecule has 6 heteroatoms. The summed E-state index contributed by atoms with van der Waals surface area (Å²) in [6.07, 6.45) is 1.15. The largest absolute Gasteiger partial charge is 0.467 e. The van der Waals surface area contributed by atoms with E-state index in [9.17, 15) is 9.59 Å². The summed E-state index contributed by atoms with van der Waals surface area (Å²) in [5.41, 5.74) is 5.77. The molecule has 0 rings (SSSR count). The molecule has 0 radical (unpaired) electrons. The van der Waals surface area contributed by atoms with E-state index < -0.39 is 18.1 Å². The van der Waals surface area contributed by atoms with E-state index in [4.69, 9.17) is 5.73 Å². The molecular formula is C13H27BrN2O3. The Kier molecular flexibility index (Phi) is 11.1. The van der Waals surface area contributed by atoms with Crippen LogP contribution >= 0.6 is 17.0 Å². The van der Waals surface area contributed by atoms with Crippen LogP contribution in [0.25, 0.3) is 0 Å². The van der Waals surface area contributed by atoms with Crippen molar-refractivity contribution in [3.8, 4) is 0 Å². The van der Waals surface area contributed by atoms with Gasteiger partial charge in [0.25, 0.3) is 0 Å². The van der Waals surface area contributed by atoms with Gasteiger partial charge >= 0.3 is 5.97 Å². The first kappa shape index (κ1) is 20.7. The Morgan fingerprint density at radius 3 is 1.95 bits per heavy atom. The lowest BCUT2D eigenvalue weighted by molar-refractivity contribution is -0.145. The van der Waals surface area contributed by atoms with Gasteiger partial charge in [-0.3, -0.25) is 4.79 Å². The van der Waals surface area contributed by atoms with Crippen molar-refractivity contribution in [3.63, 3.8) is 0 Å². The molecule has 0 saturated heterocycles. The minimum atomic E-state index is -0.610. The number of carbonyl (C=O) groups is 2. The first-order valence-electron chi connectivity index (χ1n) is 6.41. The first-order chi connectivity index (χ1) is 8.27. The maximum Gasteiger partial charge on any atom is 0.328 e. The number of amides is 1. The molecule has 0 fully saturated rings. The van der Waals surface area contributed by atoms with Crippen molar-refractivity contribution in [2.75, 3.05) is 7.11 Å². The molecule has 0 aliphatic carbocycles. The molecule has 0 aromatic rings. The number of ether oxygens (including phenoxy) is 1. The number of halogens is 1. The highest BCUT2D eigenvalue weighted by Gasteiger charge is 2.25. The van der Waals surface area contributed by atoms with Crippen molar-refractivity contribution in [2.45, 2.75) is 52.6 Å². The number of hydrogen-bond donors (Lipinski definition) is 2. The smallest absolute Gasteiger partial charge is 0.328 e. The van der Waals surface area contributed by atoms with Crippen LogP contribution in [-0.2, 0) is 14.3 Å². The Morgan fingerprint density at radius 1 is 1.11 bits per heavy atom. The van der Waals surface area contributed by atoms with Crippen molar-refractivity contribution >= 4 is 28.9 Å². The van der Waals surface area contributed by atoms with E-state index in [1.165, 1.54) is 7.11 Å². The highest BCUT2D eigenvalue weighted by atomic mass is 79.9. The lowest BCUT2D eigenvalue weighted by atomic mass is 10.0. The highest BCUT2D eigenvalue weighted by Crippen LogP contribution is 2.08. The molecule has 0 aromatic carbocycles. The molecule has 2 atom stereocenters. The average Bonchev–Trinajstić information content (AvgIpc) is 2.25. The molecule has 0 spiro atoms. The number of nitrogens with one attached hydrogen (secondary N) is 1. The molecule has 3 N–H and O–H groups in total. The summed E-state index contributed by atoms with van der Waals surface area (Å²) in [6, 6.07) is -1.19. The quantitative estimate of drug-likeness (QED) is 0.691. The van der Waals surface area contributed by atoms with Crippen LogP contribution in [0.1, 0.15) is 40.5 Å². The molecule has 0 bridgehead atoms. The fraction of sp³-hybridized carbons (Fsp3) is 0.846. The summed E-state index contributed by atoms with van der Waals surface area (Å²) in [5.74, 6) is -0.0864. The molecule has 0 aromatic heterocycles. The number of hydrogen-bond acceptors (Lipinski definition) is 4. The Balaban J connectivity index is 0. The Hall–Kier alpha value is -0.620. The lowest BCUT2D eigenvalue weighted by Gasteiger charge is -2.21. The van der Waals surface area contributed by atoms with Gasteiger partial charge in [-0.2, -0.15) is 0 Å². The van der Waals surface area contributed by atoms with Crippen molar-refractivity contribution in [3.05, 3.63) is 0 Å². The molecule has 19 heavy (non-hydrogen) atoms. The fourth-order valence-corrected chi connectivity index (χ4v) is 1.72. The minimum absolute atomic E-state index is 0. The van der Waals surface area contributed by atoms with Gasteiger partial charge < -0.3 is 15.8 Å². The van der Waals surface area contributed by atoms with Gasteiger partial charge in [0.1, 0.15) is 6.04 Å². The average molecular weight is 339 g/mol. The lowest BCUT2D eigenvalue weighted by Crippen LogP contribution is -2.49. The third kappa shape index (κ3) is 8.99. The molecule has 114 valence electrons. The Morgan fingerprint density at radius 2 is 1.58 bits per heavy atom. The van der Waals surface area contributed by atoms with Gasteiger partial charge in [-0.25, -0.2) is 4.79 Å². The molecule has 0 aliphatic rings. The van der Waals surface area contributed by atoms with Gasteiger partial charge in [-0.1, -0.05) is 27.7 Å². The van der Waals surface area contributed by atoms with E-state index in [-0.39, 0.29) is 28.8 Å². The van der Waals surface area contributed by atoms with E-state index in [0.717, 1.165) is 0 Å². The summed E-state index contributed by atoms with van der Waals surface area (Å²) < 4.78 is 4.68. The molecule has 1 amide bonds. The van der Waals surface area contributed by atoms with E-state index in [0.29, 0.717) is 18.8 Å². The topological polar surface area (TPSA) is 81.4 Å². The number of methoxy groups -OCH3 is 1. The van der Waals surface area contributed by atoms with Crippen LogP contribution in [0, 0.1) is 11.8 Å². The molecule has 0 unspecified atom stereocenters. The second kappa shape index (κ2) is 10.2. The first-order valence-corrected chi connectivity index (χ1v) is 6.41. The van der Waals surface area contributed by atoms with Gasteiger partial charge in [0.05, 0.1) is 13.2 Å². The zero-order valence-electron chi connectivity index (χ0n) is 12.4. The third-order valence-corrected chi connectivity index (χ3v) is 2.57. The second-order valence-electron chi connectivity index (χ2n) is 5.45. The van der Waals surface area contributed by atoms with Crippen LogP contribution in [-0.4, -0.2) is 31.1 Å². The number of carbonyl (C=O) groups excluding carboxylic acids is 2. The molecule has 0 saturated carbocycles. The van der Waals surface area contributed by atoms with Crippen LogP contribution in [0.5, 0.6) is 0 Å². The van der Waals surface area contributed by atoms with Gasteiger partial charge in [0.15, 0.2) is 0 Å². The molecule has 0 heterocycles. The summed E-state index contributed by atoms with van der Waals surface area (Å²) >= 11 is 0. The normalized spacial score (nSPS) is 13.7. The number of nitrogens with two attached hydrogens (primary N) is 1. The predicted molar refractivity (Wildman–Crippen MR) is 81.2 cm³/mol.